The van der Waals surface area contributed by atoms with E-state index in [1.54, 1.807) is 0 Å². The smallest absolute Gasteiger partial charge is 0.412 e. The zero-order chi connectivity index (χ0) is 17.9. The predicted octanol–water partition coefficient (Wildman–Crippen LogP) is -2.40. The molecule has 0 bridgehead atoms. The van der Waals surface area contributed by atoms with Crippen LogP contribution in [0.4, 0.5) is 0 Å². The van der Waals surface area contributed by atoms with Crippen molar-refractivity contribution >= 4 is 26.2 Å². The van der Waals surface area contributed by atoms with Gasteiger partial charge >= 0.3 is 43.3 Å². The molecule has 0 rings (SSSR count). The Kier molecular flexibility index (Phi) is 92.8. The van der Waals surface area contributed by atoms with E-state index in [2.05, 4.69) is 0 Å². The third-order valence-electron chi connectivity index (χ3n) is 0. The minimum atomic E-state index is -1.75. The van der Waals surface area contributed by atoms with Crippen LogP contribution in [0.2, 0.25) is 0 Å². The molecule has 0 aromatic rings. The van der Waals surface area contributed by atoms with Crippen molar-refractivity contribution in [1.29, 1.82) is 0 Å². The van der Waals surface area contributed by atoms with Gasteiger partial charge in [-0.25, -0.2) is 0 Å². The summed E-state index contributed by atoms with van der Waals surface area (Å²) < 4.78 is 0. The van der Waals surface area contributed by atoms with Gasteiger partial charge in [0.15, 0.2) is 0 Å². The van der Waals surface area contributed by atoms with Crippen molar-refractivity contribution in [3.63, 3.8) is 0 Å². The van der Waals surface area contributed by atoms with Crippen LogP contribution in [0.15, 0.2) is 0 Å². The fraction of sp³-hybridized carbons (Fsp3) is 0. The predicted molar refractivity (Wildman–Crippen MR) is 61.2 cm³/mol. The summed E-state index contributed by atoms with van der Waals surface area (Å²) in [5, 5.41) is 73.8. The van der Waals surface area contributed by atoms with E-state index >= 15 is 0 Å². The molecule has 0 aromatic heterocycles. The molecule has 2 N–H and O–H groups in total. The molecule has 0 saturated carbocycles. The third kappa shape index (κ3) is 839. The largest absolute Gasteiger partial charge is 3.00 e. The first kappa shape index (κ1) is 50.0. The SMILES string of the molecule is O.O=[N+]([O-])[O-].O=[N+]([O-])[O-].O=[N+]([O-])[O-].O=[N+]([O-])[O-].O=[N+]([O-])[O-].[Bi+3].[Cu+2]. The zero-order valence-electron chi connectivity index (χ0n) is 9.61. The van der Waals surface area contributed by atoms with E-state index in [1.165, 1.54) is 0 Å². The van der Waals surface area contributed by atoms with Gasteiger partial charge in [0.1, 0.15) is 0 Å². The Bertz CT molecular complexity index is 213. The van der Waals surface area contributed by atoms with Crippen LogP contribution < -0.4 is 0 Å². The monoisotopic (exact) mass is 600 g/mol. The first-order chi connectivity index (χ1) is 8.66. The van der Waals surface area contributed by atoms with Crippen molar-refractivity contribution in [1.82, 2.24) is 0 Å². The van der Waals surface area contributed by atoms with E-state index in [-0.39, 0.29) is 48.7 Å². The Balaban J connectivity index is -0.0000000197. The van der Waals surface area contributed by atoms with E-state index in [0.717, 1.165) is 0 Å². The maximum absolute atomic E-state index is 8.25. The van der Waals surface area contributed by atoms with Gasteiger partial charge in [-0.3, -0.25) is 0 Å². The molecule has 21 nitrogen and oxygen atoms in total. The van der Waals surface area contributed by atoms with Crippen LogP contribution in [0.25, 0.3) is 0 Å². The fourth-order valence-corrected chi connectivity index (χ4v) is 0. The van der Waals surface area contributed by atoms with Gasteiger partial charge in [0.25, 0.3) is 0 Å². The van der Waals surface area contributed by atoms with E-state index in [4.69, 9.17) is 76.6 Å². The molecule has 0 heterocycles. The molecular formula is H2BiCuN5O16. The Hall–Kier alpha value is -2.64. The molecule has 3 radical (unpaired) electrons. The molecule has 0 aliphatic heterocycles. The number of hydrogen-bond donors (Lipinski definition) is 0. The fourth-order valence-electron chi connectivity index (χ4n) is 0. The third-order valence-corrected chi connectivity index (χ3v) is 0. The Morgan fingerprint density at radius 3 is 0.391 bits per heavy atom. The maximum Gasteiger partial charge on any atom is 3.00 e. The van der Waals surface area contributed by atoms with Crippen molar-refractivity contribution in [2.75, 3.05) is 0 Å². The van der Waals surface area contributed by atoms with Gasteiger partial charge in [0.2, 0.25) is 0 Å². The molecule has 0 aliphatic carbocycles. The number of hydrogen-bond acceptors (Lipinski definition) is 15. The molecule has 23 heteroatoms. The molecule has 0 spiro atoms. The van der Waals surface area contributed by atoms with Crippen LogP contribution in [0.1, 0.15) is 0 Å². The van der Waals surface area contributed by atoms with Crippen molar-refractivity contribution in [3.05, 3.63) is 76.6 Å². The average Bonchev–Trinajstić information content (AvgIpc) is 1.94. The summed E-state index contributed by atoms with van der Waals surface area (Å²) in [5.74, 6) is 0. The summed E-state index contributed by atoms with van der Waals surface area (Å²) in [5.41, 5.74) is 0. The number of nitrogens with zero attached hydrogens (tertiary/aromatic N) is 5. The summed E-state index contributed by atoms with van der Waals surface area (Å²) in [6.45, 7) is 0. The molecule has 139 valence electrons. The first-order valence-corrected chi connectivity index (χ1v) is 2.74. The normalized spacial score (nSPS) is 5.22. The summed E-state index contributed by atoms with van der Waals surface area (Å²) in [6.07, 6.45) is 0. The van der Waals surface area contributed by atoms with Crippen LogP contribution in [-0.4, -0.2) is 57.1 Å². The minimum absolute atomic E-state index is 0. The second-order valence-electron chi connectivity index (χ2n) is 1.12. The summed E-state index contributed by atoms with van der Waals surface area (Å²) >= 11 is 0. The zero-order valence-corrected chi connectivity index (χ0v) is 14.0. The van der Waals surface area contributed by atoms with Gasteiger partial charge in [0, 0.05) is 0 Å². The van der Waals surface area contributed by atoms with Crippen molar-refractivity contribution < 1.29 is 48.0 Å². The van der Waals surface area contributed by atoms with Crippen molar-refractivity contribution in [3.8, 4) is 0 Å². The molecule has 0 amide bonds. The summed E-state index contributed by atoms with van der Waals surface area (Å²) in [7, 11) is 0. The van der Waals surface area contributed by atoms with E-state index in [1.807, 2.05) is 0 Å². The topological polar surface area (TPSA) is 362 Å². The van der Waals surface area contributed by atoms with Gasteiger partial charge < -0.3 is 82.1 Å². The van der Waals surface area contributed by atoms with Crippen molar-refractivity contribution in [2.24, 2.45) is 0 Å². The van der Waals surface area contributed by atoms with Crippen LogP contribution in [0.5, 0.6) is 0 Å². The Labute approximate surface area is 151 Å². The molecule has 0 fully saturated rings. The molecule has 0 saturated heterocycles. The number of rotatable bonds is 0. The van der Waals surface area contributed by atoms with E-state index in [9.17, 15) is 0 Å². The molecule has 23 heavy (non-hydrogen) atoms. The van der Waals surface area contributed by atoms with E-state index < -0.39 is 25.4 Å². The Morgan fingerprint density at radius 2 is 0.391 bits per heavy atom. The van der Waals surface area contributed by atoms with Crippen LogP contribution in [-0.2, 0) is 17.1 Å². The van der Waals surface area contributed by atoms with Crippen molar-refractivity contribution in [2.45, 2.75) is 0 Å². The van der Waals surface area contributed by atoms with E-state index in [0.29, 0.717) is 0 Å². The minimum Gasteiger partial charge on any atom is -0.412 e. The molecule has 0 atom stereocenters. The van der Waals surface area contributed by atoms with Crippen LogP contribution in [0.3, 0.4) is 0 Å². The molecule has 0 unspecified atom stereocenters. The van der Waals surface area contributed by atoms with Gasteiger partial charge in [-0.1, -0.05) is 0 Å². The van der Waals surface area contributed by atoms with Gasteiger partial charge in [-0.05, 0) is 0 Å². The van der Waals surface area contributed by atoms with Crippen LogP contribution >= 0.6 is 0 Å². The standard InChI is InChI=1S/Bi.Cu.5NO3.H2O/c;;5*2-1(3)4;/h;;;;;;;1H2/q+3;+2;5*-1;. The van der Waals surface area contributed by atoms with Gasteiger partial charge in [-0.15, -0.1) is 0 Å². The summed E-state index contributed by atoms with van der Waals surface area (Å²) in [6, 6.07) is 0. The second kappa shape index (κ2) is 42.7. The maximum atomic E-state index is 8.25. The molecular weight excluding hydrogens is 599 g/mol. The molecule has 0 aromatic carbocycles. The van der Waals surface area contributed by atoms with Gasteiger partial charge in [0.05, 0.1) is 25.4 Å². The molecule has 0 aliphatic rings. The summed E-state index contributed by atoms with van der Waals surface area (Å²) in [4.78, 5) is 41.2. The Morgan fingerprint density at radius 1 is 0.391 bits per heavy atom. The van der Waals surface area contributed by atoms with Crippen LogP contribution in [0, 0.1) is 76.6 Å². The average molecular weight is 601 g/mol. The first-order valence-electron chi connectivity index (χ1n) is 2.74. The second-order valence-corrected chi connectivity index (χ2v) is 1.12. The van der Waals surface area contributed by atoms with Gasteiger partial charge in [-0.2, -0.15) is 0 Å². The quantitative estimate of drug-likeness (QED) is 0.159.